The van der Waals surface area contributed by atoms with Gasteiger partial charge in [-0.05, 0) is 145 Å². The molecule has 1 amide bonds. The van der Waals surface area contributed by atoms with Crippen LogP contribution in [0.2, 0.25) is 0 Å². The van der Waals surface area contributed by atoms with E-state index >= 15 is 4.79 Å². The summed E-state index contributed by atoms with van der Waals surface area (Å²) in [6, 6.07) is 32.3. The number of nitro groups is 1. The summed E-state index contributed by atoms with van der Waals surface area (Å²) in [5, 5.41) is 39.0. The van der Waals surface area contributed by atoms with E-state index in [0.29, 0.717) is 48.9 Å². The van der Waals surface area contributed by atoms with Crippen LogP contribution in [0.4, 0.5) is 5.69 Å². The fourth-order valence-electron chi connectivity index (χ4n) is 12.3. The van der Waals surface area contributed by atoms with Crippen LogP contribution in [-0.2, 0) is 27.5 Å². The van der Waals surface area contributed by atoms with Crippen molar-refractivity contribution in [3.63, 3.8) is 0 Å². The van der Waals surface area contributed by atoms with Crippen LogP contribution in [0.15, 0.2) is 133 Å². The molecule has 0 aromatic heterocycles. The van der Waals surface area contributed by atoms with Crippen molar-refractivity contribution < 1.29 is 39.0 Å². The number of non-ortho nitro benzene ring substituents is 1. The maximum Gasteiger partial charge on any atom is 0.269 e. The molecule has 6 unspecified atom stereocenters. The van der Waals surface area contributed by atoms with E-state index < -0.39 is 22.7 Å². The Morgan fingerprint density at radius 3 is 2.38 bits per heavy atom. The molecule has 73 heavy (non-hydrogen) atoms. The molecule has 2 N–H and O–H groups in total. The van der Waals surface area contributed by atoms with E-state index in [9.17, 15) is 20.3 Å². The van der Waals surface area contributed by atoms with E-state index in [4.69, 9.17) is 24.2 Å². The number of carbonyl (C=O) groups excluding carboxylic acids is 1. The number of amides is 1. The summed E-state index contributed by atoms with van der Waals surface area (Å²) in [7, 11) is 0. The standard InChI is InChI=1S/C61H71N3O9/c1-4-34-70-61-57(63(58(67)31-25-43-14-5-6-15-43)39-47-19-13-18-45-16-7-8-20-51(45)47)38-55(62-71-40-44-23-26-48(27-24-44)64(68)69)53-36-46(17-9-11-32-65)52(21-10-12-33-66)59(60(53)61)54-37-50(29-30-56(54)73-61)72-49-28-22-41(2)42(3)35-49/h4,7-8,13,16,18-20,22-24,26-30,35-37,43,46,52,57,59-60,65-66H,1,5-6,9-12,14-15,17,21,25,31-34,38-40H2,2-3H3. The first kappa shape index (κ1) is 51.6. The highest BCUT2D eigenvalue weighted by molar-refractivity contribution is 6.03. The van der Waals surface area contributed by atoms with Crippen molar-refractivity contribution in [2.24, 2.45) is 28.8 Å². The Hall–Kier alpha value is -6.34. The van der Waals surface area contributed by atoms with Crippen molar-refractivity contribution in [2.75, 3.05) is 19.8 Å². The first-order valence-electron chi connectivity index (χ1n) is 26.6. The second-order valence-corrected chi connectivity index (χ2v) is 20.7. The van der Waals surface area contributed by atoms with E-state index in [1.807, 2.05) is 35.2 Å². The fraction of sp³-hybridized carbons (Fsp3) is 0.443. The normalized spacial score (nSPS) is 22.8. The number of rotatable bonds is 23. The van der Waals surface area contributed by atoms with Crippen LogP contribution in [0.25, 0.3) is 10.8 Å². The first-order valence-corrected chi connectivity index (χ1v) is 26.6. The van der Waals surface area contributed by atoms with Gasteiger partial charge in [0.25, 0.3) is 5.69 Å². The second kappa shape index (κ2) is 23.7. The lowest BCUT2D eigenvalue weighted by molar-refractivity contribution is -0.384. The molecule has 384 valence electrons. The molecule has 0 radical (unpaired) electrons. The van der Waals surface area contributed by atoms with Gasteiger partial charge in [0.15, 0.2) is 0 Å². The topological polar surface area (TPSA) is 153 Å². The second-order valence-electron chi connectivity index (χ2n) is 20.7. The van der Waals surface area contributed by atoms with Gasteiger partial charge in [-0.25, -0.2) is 0 Å². The number of hydrogen-bond donors (Lipinski definition) is 2. The van der Waals surface area contributed by atoms with Crippen molar-refractivity contribution in [1.82, 2.24) is 4.90 Å². The van der Waals surface area contributed by atoms with Crippen LogP contribution in [0, 0.1) is 47.6 Å². The van der Waals surface area contributed by atoms with Crippen molar-refractivity contribution in [1.29, 1.82) is 0 Å². The third-order valence-electron chi connectivity index (χ3n) is 16.1. The molecule has 1 heterocycles. The predicted octanol–water partition coefficient (Wildman–Crippen LogP) is 13.0. The average molecular weight is 990 g/mol. The highest BCUT2D eigenvalue weighted by atomic mass is 16.7. The number of unbranched alkanes of at least 4 members (excludes halogenated alkanes) is 2. The van der Waals surface area contributed by atoms with E-state index in [0.717, 1.165) is 89.3 Å². The summed E-state index contributed by atoms with van der Waals surface area (Å²) in [4.78, 5) is 35.1. The Labute approximate surface area is 429 Å². The van der Waals surface area contributed by atoms with Crippen molar-refractivity contribution in [3.8, 4) is 17.2 Å². The molecule has 6 atom stereocenters. The minimum atomic E-state index is -1.44. The number of ether oxygens (including phenoxy) is 3. The number of aryl methyl sites for hydroxylation is 2. The zero-order valence-corrected chi connectivity index (χ0v) is 42.5. The molecule has 0 saturated heterocycles. The fourth-order valence-corrected chi connectivity index (χ4v) is 12.3. The minimum Gasteiger partial charge on any atom is -0.459 e. The number of nitrogens with zero attached hydrogens (tertiary/aromatic N) is 3. The largest absolute Gasteiger partial charge is 0.459 e. The molecule has 0 spiro atoms. The van der Waals surface area contributed by atoms with Crippen LogP contribution in [0.5, 0.6) is 17.2 Å². The Balaban J connectivity index is 1.24. The Morgan fingerprint density at radius 2 is 1.63 bits per heavy atom. The van der Waals surface area contributed by atoms with Crippen LogP contribution >= 0.6 is 0 Å². The number of nitro benzene ring substituents is 1. The molecule has 1 aliphatic heterocycles. The van der Waals surface area contributed by atoms with Gasteiger partial charge in [-0.15, -0.1) is 6.58 Å². The highest BCUT2D eigenvalue weighted by Crippen LogP contribution is 2.62. The lowest BCUT2D eigenvalue weighted by Crippen LogP contribution is -2.70. The van der Waals surface area contributed by atoms with E-state index in [2.05, 4.69) is 75.0 Å². The first-order chi connectivity index (χ1) is 35.6. The third-order valence-corrected chi connectivity index (χ3v) is 16.1. The molecule has 2 fully saturated rings. The van der Waals surface area contributed by atoms with Gasteiger partial charge in [0.1, 0.15) is 29.9 Å². The van der Waals surface area contributed by atoms with Gasteiger partial charge in [0.2, 0.25) is 11.7 Å². The number of oxime groups is 1. The number of aliphatic hydroxyl groups is 2. The number of fused-ring (bicyclic) bond motifs is 3. The Kier molecular flexibility index (Phi) is 16.7. The van der Waals surface area contributed by atoms with Gasteiger partial charge in [-0.2, -0.15) is 0 Å². The van der Waals surface area contributed by atoms with Crippen molar-refractivity contribution >= 4 is 28.1 Å². The summed E-state index contributed by atoms with van der Waals surface area (Å²) in [5.74, 6) is 0.419. The lowest BCUT2D eigenvalue weighted by Gasteiger charge is -2.60. The van der Waals surface area contributed by atoms with Crippen molar-refractivity contribution in [2.45, 2.75) is 128 Å². The molecule has 2 saturated carbocycles. The molecular formula is C61H71N3O9. The molecule has 0 bridgehead atoms. The summed E-state index contributed by atoms with van der Waals surface area (Å²) < 4.78 is 21.6. The number of aliphatic hydroxyl groups excluding tert-OH is 2. The van der Waals surface area contributed by atoms with Crippen LogP contribution in [0.1, 0.15) is 117 Å². The molecule has 12 nitrogen and oxygen atoms in total. The molecular weight excluding hydrogens is 919 g/mol. The molecule has 12 heteroatoms. The van der Waals surface area contributed by atoms with Gasteiger partial charge < -0.3 is 34.2 Å². The van der Waals surface area contributed by atoms with Gasteiger partial charge in [0, 0.05) is 56.2 Å². The predicted molar refractivity (Wildman–Crippen MR) is 285 cm³/mol. The third kappa shape index (κ3) is 11.4. The van der Waals surface area contributed by atoms with Gasteiger partial charge in [-0.1, -0.05) is 104 Å². The minimum absolute atomic E-state index is 0.00997. The number of benzene rings is 5. The maximum atomic E-state index is 15.6. The molecule has 4 aliphatic rings. The van der Waals surface area contributed by atoms with Crippen LogP contribution in [-0.4, -0.2) is 63.3 Å². The van der Waals surface area contributed by atoms with Crippen molar-refractivity contribution in [3.05, 3.63) is 165 Å². The number of carbonyl (C=O) groups is 1. The smallest absolute Gasteiger partial charge is 0.269 e. The Morgan fingerprint density at radius 1 is 0.890 bits per heavy atom. The van der Waals surface area contributed by atoms with Gasteiger partial charge in [-0.3, -0.25) is 14.9 Å². The molecule has 5 aromatic rings. The zero-order chi connectivity index (χ0) is 50.9. The number of allylic oxidation sites excluding steroid dienone is 1. The monoisotopic (exact) mass is 990 g/mol. The van der Waals surface area contributed by atoms with Gasteiger partial charge >= 0.3 is 0 Å². The molecule has 5 aromatic carbocycles. The van der Waals surface area contributed by atoms with Gasteiger partial charge in [0.05, 0.1) is 23.2 Å². The van der Waals surface area contributed by atoms with E-state index in [1.54, 1.807) is 18.2 Å². The average Bonchev–Trinajstić information content (AvgIpc) is 3.93. The van der Waals surface area contributed by atoms with E-state index in [-0.39, 0.29) is 62.2 Å². The summed E-state index contributed by atoms with van der Waals surface area (Å²) >= 11 is 0. The number of hydrogen-bond acceptors (Lipinski definition) is 10. The van der Waals surface area contributed by atoms with Crippen LogP contribution < -0.4 is 9.47 Å². The van der Waals surface area contributed by atoms with E-state index in [1.165, 1.54) is 30.5 Å². The summed E-state index contributed by atoms with van der Waals surface area (Å²) in [5.41, 5.74) is 6.60. The summed E-state index contributed by atoms with van der Waals surface area (Å²) in [6.45, 7) is 8.97. The quantitative estimate of drug-likeness (QED) is 0.0282. The highest BCUT2D eigenvalue weighted by Gasteiger charge is 2.65. The summed E-state index contributed by atoms with van der Waals surface area (Å²) in [6.07, 6.45) is 14.6. The van der Waals surface area contributed by atoms with Crippen LogP contribution in [0.3, 0.4) is 0 Å². The maximum absolute atomic E-state index is 15.6. The Bertz CT molecular complexity index is 2800. The zero-order valence-electron chi connectivity index (χ0n) is 42.5. The molecule has 3 aliphatic carbocycles. The lowest BCUT2D eigenvalue weighted by atomic mass is 9.55. The SMILES string of the molecule is C=CCOC12Oc3ccc(Oc4ccc(C)c(C)c4)cc3C3C(CCCCO)C(CCCCO)C=C(C(=NOCc4ccc([N+](=O)[O-])cc4)CC1N(Cc1cccc4ccccc14)C(=O)CCC1CCCC1)C32. The molecule has 9 rings (SSSR count).